The van der Waals surface area contributed by atoms with Crippen LogP contribution in [-0.4, -0.2) is 22.7 Å². The summed E-state index contributed by atoms with van der Waals surface area (Å²) in [7, 11) is 0. The maximum absolute atomic E-state index is 12.9. The topological polar surface area (TPSA) is 15.3 Å². The predicted molar refractivity (Wildman–Crippen MR) is 95.0 cm³/mol. The van der Waals surface area contributed by atoms with E-state index >= 15 is 0 Å². The van der Waals surface area contributed by atoms with Crippen LogP contribution in [0.3, 0.4) is 0 Å². The summed E-state index contributed by atoms with van der Waals surface area (Å²) >= 11 is 5.24. The first kappa shape index (κ1) is 18.3. The number of nitrogens with zero attached hydrogens (tertiary/aromatic N) is 1. The van der Waals surface area contributed by atoms with E-state index < -0.39 is 12.7 Å². The largest absolute Gasteiger partial charge is 0.406 e. The zero-order valence-corrected chi connectivity index (χ0v) is 14.3. The second-order valence-corrected chi connectivity index (χ2v) is 6.09. The van der Waals surface area contributed by atoms with Gasteiger partial charge in [-0.05, 0) is 48.8 Å². The van der Waals surface area contributed by atoms with E-state index in [0.717, 1.165) is 27.3 Å². The van der Waals surface area contributed by atoms with Gasteiger partial charge in [0.15, 0.2) is 5.11 Å². The van der Waals surface area contributed by atoms with Crippen molar-refractivity contribution in [2.24, 2.45) is 0 Å². The van der Waals surface area contributed by atoms with Gasteiger partial charge in [0.25, 0.3) is 0 Å². The highest BCUT2D eigenvalue weighted by atomic mass is 32.1. The quantitative estimate of drug-likeness (QED) is 0.774. The molecule has 0 aliphatic rings. The molecule has 0 spiro atoms. The summed E-state index contributed by atoms with van der Waals surface area (Å²) in [6, 6.07) is 14.7. The van der Waals surface area contributed by atoms with Crippen molar-refractivity contribution >= 4 is 23.0 Å². The third-order valence-electron chi connectivity index (χ3n) is 3.51. The van der Waals surface area contributed by atoms with Crippen LogP contribution in [0.2, 0.25) is 0 Å². The highest BCUT2D eigenvalue weighted by Crippen LogP contribution is 2.21. The summed E-state index contributed by atoms with van der Waals surface area (Å²) in [6.45, 7) is 2.80. The lowest BCUT2D eigenvalue weighted by Gasteiger charge is -2.27. The van der Waals surface area contributed by atoms with Gasteiger partial charge in [-0.1, -0.05) is 42.5 Å². The minimum Gasteiger partial charge on any atom is -0.336 e. The molecule has 1 N–H and O–H groups in total. The lowest BCUT2D eigenvalue weighted by atomic mass is 10.1. The van der Waals surface area contributed by atoms with Gasteiger partial charge in [0.05, 0.1) is 0 Å². The van der Waals surface area contributed by atoms with Crippen LogP contribution >= 0.6 is 12.2 Å². The Morgan fingerprint density at radius 2 is 1.75 bits per heavy atom. The van der Waals surface area contributed by atoms with Crippen molar-refractivity contribution in [2.75, 3.05) is 11.9 Å². The van der Waals surface area contributed by atoms with E-state index in [9.17, 15) is 13.2 Å². The molecule has 0 aliphatic heterocycles. The Balaban J connectivity index is 2.19. The lowest BCUT2D eigenvalue weighted by molar-refractivity contribution is -0.138. The van der Waals surface area contributed by atoms with E-state index in [0.29, 0.717) is 0 Å². The molecule has 6 heteroatoms. The van der Waals surface area contributed by atoms with E-state index in [1.54, 1.807) is 24.3 Å². The summed E-state index contributed by atoms with van der Waals surface area (Å²) in [4.78, 5) is 1.13. The van der Waals surface area contributed by atoms with E-state index in [2.05, 4.69) is 5.32 Å². The normalized spacial score (nSPS) is 11.2. The van der Waals surface area contributed by atoms with Gasteiger partial charge in [0.1, 0.15) is 6.54 Å². The van der Waals surface area contributed by atoms with Crippen LogP contribution in [0, 0.1) is 13.8 Å². The van der Waals surface area contributed by atoms with Crippen molar-refractivity contribution in [3.8, 4) is 0 Å². The third kappa shape index (κ3) is 5.53. The fraction of sp³-hybridized carbons (Fsp3) is 0.278. The first-order chi connectivity index (χ1) is 11.2. The minimum absolute atomic E-state index is 0.0601. The molecule has 0 bridgehead atoms. The Morgan fingerprint density at radius 1 is 1.08 bits per heavy atom. The van der Waals surface area contributed by atoms with Gasteiger partial charge in [0.2, 0.25) is 0 Å². The second kappa shape index (κ2) is 7.66. The molecule has 2 nitrogen and oxygen atoms in total. The maximum atomic E-state index is 12.9. The average Bonchev–Trinajstić information content (AvgIpc) is 2.50. The van der Waals surface area contributed by atoms with E-state index in [-0.39, 0.29) is 11.7 Å². The standard InChI is InChI=1S/C18H19F3N2S/c1-13-8-9-14(2)16(10-13)22-17(24)23(12-18(19,20)21)11-15-6-4-3-5-7-15/h3-10H,11-12H2,1-2H3,(H,22,24). The molecule has 0 saturated heterocycles. The van der Waals surface area contributed by atoms with Gasteiger partial charge in [-0.25, -0.2) is 0 Å². The number of anilines is 1. The van der Waals surface area contributed by atoms with Gasteiger partial charge in [-0.2, -0.15) is 13.2 Å². The highest BCUT2D eigenvalue weighted by Gasteiger charge is 2.32. The number of nitrogens with one attached hydrogen (secondary N) is 1. The van der Waals surface area contributed by atoms with Gasteiger partial charge in [-0.3, -0.25) is 0 Å². The van der Waals surface area contributed by atoms with Crippen molar-refractivity contribution in [3.63, 3.8) is 0 Å². The molecule has 0 aromatic heterocycles. The Hall–Kier alpha value is -2.08. The number of benzene rings is 2. The first-order valence-electron chi connectivity index (χ1n) is 7.48. The average molecular weight is 352 g/mol. The van der Waals surface area contributed by atoms with E-state index in [1.165, 1.54) is 0 Å². The van der Waals surface area contributed by atoms with Crippen LogP contribution in [0.1, 0.15) is 16.7 Å². The molecule has 0 amide bonds. The summed E-state index contributed by atoms with van der Waals surface area (Å²) in [5.74, 6) is 0. The fourth-order valence-corrected chi connectivity index (χ4v) is 2.52. The molecule has 128 valence electrons. The number of aryl methyl sites for hydroxylation is 2. The van der Waals surface area contributed by atoms with Gasteiger partial charge >= 0.3 is 6.18 Å². The Labute approximate surface area is 145 Å². The summed E-state index contributed by atoms with van der Waals surface area (Å²) in [5.41, 5.74) is 3.43. The molecule has 0 radical (unpaired) electrons. The fourth-order valence-electron chi connectivity index (χ4n) is 2.28. The number of thiocarbonyl (C=S) groups is 1. The first-order valence-corrected chi connectivity index (χ1v) is 7.89. The zero-order chi connectivity index (χ0) is 17.7. The molecule has 0 unspecified atom stereocenters. The van der Waals surface area contributed by atoms with Crippen molar-refractivity contribution < 1.29 is 13.2 Å². The molecule has 0 aliphatic carbocycles. The van der Waals surface area contributed by atoms with Crippen LogP contribution in [0.5, 0.6) is 0 Å². The molecule has 0 saturated carbocycles. The van der Waals surface area contributed by atoms with Crippen molar-refractivity contribution in [1.29, 1.82) is 0 Å². The van der Waals surface area contributed by atoms with Crippen LogP contribution in [0.25, 0.3) is 0 Å². The summed E-state index contributed by atoms with van der Waals surface area (Å²) in [6.07, 6.45) is -4.33. The monoisotopic (exact) mass is 352 g/mol. The SMILES string of the molecule is Cc1ccc(C)c(NC(=S)N(Cc2ccccc2)CC(F)(F)F)c1. The third-order valence-corrected chi connectivity index (χ3v) is 3.87. The molecule has 0 fully saturated rings. The van der Waals surface area contributed by atoms with Gasteiger partial charge in [0, 0.05) is 12.2 Å². The summed E-state index contributed by atoms with van der Waals surface area (Å²) < 4.78 is 38.8. The Kier molecular flexibility index (Phi) is 5.83. The van der Waals surface area contributed by atoms with Crippen LogP contribution in [-0.2, 0) is 6.54 Å². The second-order valence-electron chi connectivity index (χ2n) is 5.71. The molecular formula is C18H19F3N2S. The van der Waals surface area contributed by atoms with E-state index in [1.807, 2.05) is 38.1 Å². The molecule has 2 aromatic rings. The Morgan fingerprint density at radius 3 is 2.38 bits per heavy atom. The molecule has 0 heterocycles. The van der Waals surface area contributed by atoms with Crippen LogP contribution < -0.4 is 5.32 Å². The smallest absolute Gasteiger partial charge is 0.336 e. The number of hydrogen-bond acceptors (Lipinski definition) is 1. The molecule has 0 atom stereocenters. The van der Waals surface area contributed by atoms with Gasteiger partial charge in [-0.15, -0.1) is 0 Å². The number of alkyl halides is 3. The molecular weight excluding hydrogens is 333 g/mol. The molecule has 2 aromatic carbocycles. The van der Waals surface area contributed by atoms with Crippen molar-refractivity contribution in [3.05, 3.63) is 65.2 Å². The summed E-state index contributed by atoms with van der Waals surface area (Å²) in [5, 5.41) is 3.01. The van der Waals surface area contributed by atoms with Crippen LogP contribution in [0.15, 0.2) is 48.5 Å². The van der Waals surface area contributed by atoms with E-state index in [4.69, 9.17) is 12.2 Å². The van der Waals surface area contributed by atoms with Crippen molar-refractivity contribution in [2.45, 2.75) is 26.6 Å². The van der Waals surface area contributed by atoms with Gasteiger partial charge < -0.3 is 10.2 Å². The van der Waals surface area contributed by atoms with Crippen molar-refractivity contribution in [1.82, 2.24) is 4.90 Å². The highest BCUT2D eigenvalue weighted by molar-refractivity contribution is 7.80. The molecule has 2 rings (SSSR count). The van der Waals surface area contributed by atoms with Crippen LogP contribution in [0.4, 0.5) is 18.9 Å². The molecule has 24 heavy (non-hydrogen) atoms. The number of hydrogen-bond donors (Lipinski definition) is 1. The number of rotatable bonds is 4. The Bertz CT molecular complexity index is 699. The maximum Gasteiger partial charge on any atom is 0.406 e. The predicted octanol–water partition coefficient (Wildman–Crippen LogP) is 5.06. The lowest BCUT2D eigenvalue weighted by Crippen LogP contribution is -2.41. The minimum atomic E-state index is -4.33. The number of halogens is 3. The zero-order valence-electron chi connectivity index (χ0n) is 13.5.